The second-order valence-electron chi connectivity index (χ2n) is 7.91. The Kier molecular flexibility index (Phi) is 6.74. The molecule has 1 aromatic heterocycles. The largest absolute Gasteiger partial charge is 0.475 e. The number of aliphatic hydroxyl groups excluding tert-OH is 1. The first-order valence-electron chi connectivity index (χ1n) is 10.5. The van der Waals surface area contributed by atoms with Gasteiger partial charge in [-0.3, -0.25) is 10.1 Å². The van der Waals surface area contributed by atoms with Crippen LogP contribution < -0.4 is 10.1 Å². The molecule has 31 heavy (non-hydrogen) atoms. The minimum atomic E-state index is -3.26. The van der Waals surface area contributed by atoms with Crippen LogP contribution in [0.25, 0.3) is 5.57 Å². The van der Waals surface area contributed by atoms with E-state index in [1.54, 1.807) is 29.6 Å². The van der Waals surface area contributed by atoms with E-state index in [0.29, 0.717) is 33.0 Å². The van der Waals surface area contributed by atoms with E-state index in [1.807, 2.05) is 6.08 Å². The number of ether oxygens (including phenoxy) is 1. The third kappa shape index (κ3) is 5.34. The van der Waals surface area contributed by atoms with Crippen LogP contribution in [0.4, 0.5) is 5.13 Å². The Morgan fingerprint density at radius 1 is 1.19 bits per heavy atom. The van der Waals surface area contributed by atoms with Gasteiger partial charge in [0.05, 0.1) is 22.1 Å². The maximum absolute atomic E-state index is 13.1. The molecule has 166 valence electrons. The molecule has 1 amide bonds. The van der Waals surface area contributed by atoms with E-state index < -0.39 is 9.84 Å². The van der Waals surface area contributed by atoms with Crippen LogP contribution in [-0.2, 0) is 14.6 Å². The van der Waals surface area contributed by atoms with E-state index in [2.05, 4.69) is 10.3 Å². The molecule has 0 radical (unpaired) electrons. The molecule has 0 saturated heterocycles. The van der Waals surface area contributed by atoms with Crippen LogP contribution >= 0.6 is 11.3 Å². The zero-order valence-corrected chi connectivity index (χ0v) is 18.8. The summed E-state index contributed by atoms with van der Waals surface area (Å²) in [7, 11) is -3.26. The van der Waals surface area contributed by atoms with Crippen molar-refractivity contribution >= 4 is 37.8 Å². The molecular weight excluding hydrogens is 436 g/mol. The van der Waals surface area contributed by atoms with Gasteiger partial charge in [-0.15, -0.1) is 11.3 Å². The highest BCUT2D eigenvalue weighted by Crippen LogP contribution is 2.35. The van der Waals surface area contributed by atoms with Gasteiger partial charge in [-0.1, -0.05) is 31.1 Å². The van der Waals surface area contributed by atoms with Gasteiger partial charge in [-0.05, 0) is 49.3 Å². The quantitative estimate of drug-likeness (QED) is 0.551. The van der Waals surface area contributed by atoms with Crippen LogP contribution in [0.1, 0.15) is 44.1 Å². The predicted molar refractivity (Wildman–Crippen MR) is 120 cm³/mol. The summed E-state index contributed by atoms with van der Waals surface area (Å²) in [4.78, 5) is 17.6. The summed E-state index contributed by atoms with van der Waals surface area (Å²) in [6, 6.07) is 6.63. The molecule has 7 nitrogen and oxygen atoms in total. The number of nitrogens with one attached hydrogen (secondary N) is 1. The van der Waals surface area contributed by atoms with E-state index in [1.165, 1.54) is 11.3 Å². The number of allylic oxidation sites excluding steroid dienone is 1. The molecule has 2 N–H and O–H groups in total. The van der Waals surface area contributed by atoms with Crippen molar-refractivity contribution in [2.24, 2.45) is 5.92 Å². The number of benzene rings is 1. The van der Waals surface area contributed by atoms with Gasteiger partial charge in [0, 0.05) is 5.57 Å². The molecule has 0 bridgehead atoms. The minimum Gasteiger partial charge on any atom is -0.475 e. The van der Waals surface area contributed by atoms with E-state index in [9.17, 15) is 13.2 Å². The Hall–Kier alpha value is -2.23. The average Bonchev–Trinajstić information content (AvgIpc) is 3.34. The summed E-state index contributed by atoms with van der Waals surface area (Å²) in [5, 5.41) is 13.5. The van der Waals surface area contributed by atoms with Crippen molar-refractivity contribution in [1.29, 1.82) is 0 Å². The number of aromatic nitrogens is 1. The Morgan fingerprint density at radius 2 is 1.90 bits per heavy atom. The van der Waals surface area contributed by atoms with E-state index in [-0.39, 0.29) is 24.4 Å². The molecule has 1 heterocycles. The summed E-state index contributed by atoms with van der Waals surface area (Å²) < 4.78 is 30.2. The molecule has 0 spiro atoms. The fraction of sp³-hybridized carbons (Fsp3) is 0.455. The third-order valence-corrected chi connectivity index (χ3v) is 8.56. The average molecular weight is 463 g/mol. The lowest BCUT2D eigenvalue weighted by atomic mass is 9.98. The van der Waals surface area contributed by atoms with Crippen LogP contribution in [0.3, 0.4) is 0 Å². The van der Waals surface area contributed by atoms with Crippen LogP contribution in [-0.4, -0.2) is 42.9 Å². The molecular formula is C22H26N2O5S2. The topological polar surface area (TPSA) is 106 Å². The Labute approximate surface area is 186 Å². The Morgan fingerprint density at radius 3 is 2.55 bits per heavy atom. The number of sulfone groups is 1. The van der Waals surface area contributed by atoms with Crippen molar-refractivity contribution in [3.63, 3.8) is 0 Å². The van der Waals surface area contributed by atoms with Crippen LogP contribution in [0.15, 0.2) is 40.6 Å². The first-order valence-corrected chi connectivity index (χ1v) is 13.0. The lowest BCUT2D eigenvalue weighted by Gasteiger charge is -2.12. The Balaban J connectivity index is 1.55. The fourth-order valence-electron chi connectivity index (χ4n) is 3.76. The lowest BCUT2D eigenvalue weighted by molar-refractivity contribution is -0.111. The van der Waals surface area contributed by atoms with Gasteiger partial charge in [0.2, 0.25) is 5.88 Å². The molecule has 2 aromatic rings. The van der Waals surface area contributed by atoms with Crippen molar-refractivity contribution in [2.45, 2.75) is 48.7 Å². The molecule has 0 unspecified atom stereocenters. The second kappa shape index (κ2) is 9.50. The molecule has 2 aliphatic rings. The van der Waals surface area contributed by atoms with E-state index in [4.69, 9.17) is 9.84 Å². The highest BCUT2D eigenvalue weighted by atomic mass is 32.2. The summed E-state index contributed by atoms with van der Waals surface area (Å²) in [5.41, 5.74) is 1.21. The Bertz CT molecular complexity index is 1050. The van der Waals surface area contributed by atoms with Crippen molar-refractivity contribution < 1.29 is 23.1 Å². The normalized spacial score (nSPS) is 17.6. The molecule has 2 saturated carbocycles. The highest BCUT2D eigenvalue weighted by Gasteiger charge is 2.36. The van der Waals surface area contributed by atoms with Crippen molar-refractivity contribution in [2.75, 3.05) is 18.5 Å². The number of hydrogen-bond donors (Lipinski definition) is 2. The van der Waals surface area contributed by atoms with Crippen molar-refractivity contribution in [1.82, 2.24) is 4.98 Å². The van der Waals surface area contributed by atoms with Crippen LogP contribution in [0, 0.1) is 5.92 Å². The zero-order chi connectivity index (χ0) is 21.8. The number of anilines is 1. The first-order chi connectivity index (χ1) is 15.0. The number of thiazole rings is 1. The molecule has 0 aliphatic heterocycles. The third-order valence-electron chi connectivity index (χ3n) is 5.55. The van der Waals surface area contributed by atoms with Gasteiger partial charge >= 0.3 is 0 Å². The summed E-state index contributed by atoms with van der Waals surface area (Å²) in [5.74, 6) is 0.397. The molecule has 2 aliphatic carbocycles. The van der Waals surface area contributed by atoms with Gasteiger partial charge in [0.1, 0.15) is 6.61 Å². The second-order valence-corrected chi connectivity index (χ2v) is 11.0. The SMILES string of the molecule is O=C(Nc1nc(OCCO)cs1)/C(=C/C1CCCC1)c1ccc(S(=O)(=O)C2CC2)cc1. The minimum absolute atomic E-state index is 0.111. The monoisotopic (exact) mass is 462 g/mol. The van der Waals surface area contributed by atoms with Crippen LogP contribution in [0.2, 0.25) is 0 Å². The summed E-state index contributed by atoms with van der Waals surface area (Å²) >= 11 is 1.24. The first kappa shape index (κ1) is 22.0. The standard InChI is InChI=1S/C22H26N2O5S2/c25-11-12-29-20-14-30-22(23-20)24-21(26)19(13-15-3-1-2-4-15)16-5-7-17(8-6-16)31(27,28)18-9-10-18/h5-8,13-15,18,25H,1-4,9-12H2,(H,23,24,26)/b19-13+. The number of amides is 1. The van der Waals surface area contributed by atoms with Gasteiger partial charge in [0.15, 0.2) is 15.0 Å². The molecule has 2 fully saturated rings. The number of carbonyl (C=O) groups excluding carboxylic acids is 1. The van der Waals surface area contributed by atoms with E-state index >= 15 is 0 Å². The summed E-state index contributed by atoms with van der Waals surface area (Å²) in [6.07, 6.45) is 7.82. The lowest BCUT2D eigenvalue weighted by Crippen LogP contribution is -2.15. The van der Waals surface area contributed by atoms with Gasteiger partial charge in [-0.2, -0.15) is 4.98 Å². The van der Waals surface area contributed by atoms with Crippen molar-refractivity contribution in [3.8, 4) is 5.88 Å². The highest BCUT2D eigenvalue weighted by molar-refractivity contribution is 7.92. The zero-order valence-electron chi connectivity index (χ0n) is 17.1. The number of aliphatic hydroxyl groups is 1. The van der Waals surface area contributed by atoms with Gasteiger partial charge in [-0.25, -0.2) is 8.42 Å². The number of nitrogens with zero attached hydrogens (tertiary/aromatic N) is 1. The predicted octanol–water partition coefficient (Wildman–Crippen LogP) is 3.66. The number of carbonyl (C=O) groups is 1. The van der Waals surface area contributed by atoms with Crippen LogP contribution in [0.5, 0.6) is 5.88 Å². The van der Waals surface area contributed by atoms with Crippen molar-refractivity contribution in [3.05, 3.63) is 41.3 Å². The number of hydrogen-bond acceptors (Lipinski definition) is 7. The smallest absolute Gasteiger partial charge is 0.257 e. The molecule has 4 rings (SSSR count). The van der Waals surface area contributed by atoms with E-state index in [0.717, 1.165) is 38.5 Å². The molecule has 9 heteroatoms. The maximum Gasteiger partial charge on any atom is 0.257 e. The molecule has 0 atom stereocenters. The summed E-state index contributed by atoms with van der Waals surface area (Å²) in [6.45, 7) is 0.0278. The fourth-order valence-corrected chi connectivity index (χ4v) is 6.04. The van der Waals surface area contributed by atoms with Gasteiger partial charge in [0.25, 0.3) is 5.91 Å². The number of rotatable bonds is 9. The molecule has 1 aromatic carbocycles. The van der Waals surface area contributed by atoms with Gasteiger partial charge < -0.3 is 9.84 Å². The maximum atomic E-state index is 13.1.